The average molecular weight is 329 g/mol. The highest BCUT2D eigenvalue weighted by Crippen LogP contribution is 2.29. The van der Waals surface area contributed by atoms with Gasteiger partial charge in [0.25, 0.3) is 0 Å². The number of hydrogen-bond donors (Lipinski definition) is 2. The first-order valence-corrected chi connectivity index (χ1v) is 7.12. The SMILES string of the molecule is NC1(CNc2ncc(Br)cc2[N+](=O)[O-])CCCCC1. The number of nitrogens with one attached hydrogen (secondary N) is 1. The van der Waals surface area contributed by atoms with Gasteiger partial charge in [0, 0.05) is 28.8 Å². The highest BCUT2D eigenvalue weighted by molar-refractivity contribution is 9.10. The summed E-state index contributed by atoms with van der Waals surface area (Å²) in [6, 6.07) is 1.44. The third-order valence-electron chi connectivity index (χ3n) is 3.49. The molecule has 0 spiro atoms. The molecule has 0 atom stereocenters. The van der Waals surface area contributed by atoms with Crippen LogP contribution in [-0.4, -0.2) is 22.0 Å². The molecule has 0 aromatic carbocycles. The van der Waals surface area contributed by atoms with Crippen LogP contribution in [0.5, 0.6) is 0 Å². The van der Waals surface area contributed by atoms with Gasteiger partial charge in [0.15, 0.2) is 0 Å². The van der Waals surface area contributed by atoms with Gasteiger partial charge in [0.2, 0.25) is 5.82 Å². The molecule has 0 amide bonds. The lowest BCUT2D eigenvalue weighted by atomic mass is 9.82. The lowest BCUT2D eigenvalue weighted by Crippen LogP contribution is -2.47. The summed E-state index contributed by atoms with van der Waals surface area (Å²) in [4.78, 5) is 14.6. The molecule has 1 saturated carbocycles. The van der Waals surface area contributed by atoms with Crippen LogP contribution in [-0.2, 0) is 0 Å². The lowest BCUT2D eigenvalue weighted by Gasteiger charge is -2.33. The Labute approximate surface area is 120 Å². The Kier molecular flexibility index (Phi) is 4.36. The Morgan fingerprint density at radius 2 is 2.16 bits per heavy atom. The van der Waals surface area contributed by atoms with Gasteiger partial charge >= 0.3 is 5.69 Å². The van der Waals surface area contributed by atoms with Crippen LogP contribution in [0.25, 0.3) is 0 Å². The van der Waals surface area contributed by atoms with Crippen LogP contribution in [0.1, 0.15) is 32.1 Å². The van der Waals surface area contributed by atoms with E-state index in [1.807, 2.05) is 0 Å². The van der Waals surface area contributed by atoms with Crippen molar-refractivity contribution in [3.05, 3.63) is 26.9 Å². The van der Waals surface area contributed by atoms with E-state index in [-0.39, 0.29) is 17.0 Å². The number of hydrogen-bond acceptors (Lipinski definition) is 5. The second kappa shape index (κ2) is 5.83. The summed E-state index contributed by atoms with van der Waals surface area (Å²) in [6.07, 6.45) is 6.89. The molecule has 2 rings (SSSR count). The van der Waals surface area contributed by atoms with Gasteiger partial charge in [-0.3, -0.25) is 10.1 Å². The molecule has 3 N–H and O–H groups in total. The highest BCUT2D eigenvalue weighted by atomic mass is 79.9. The van der Waals surface area contributed by atoms with Gasteiger partial charge in [-0.15, -0.1) is 0 Å². The Bertz CT molecular complexity index is 475. The summed E-state index contributed by atoms with van der Waals surface area (Å²) in [5.41, 5.74) is 5.98. The van der Waals surface area contributed by atoms with Gasteiger partial charge < -0.3 is 11.1 Å². The van der Waals surface area contributed by atoms with E-state index >= 15 is 0 Å². The number of pyridine rings is 1. The van der Waals surface area contributed by atoms with Crippen LogP contribution in [0, 0.1) is 10.1 Å². The number of halogens is 1. The standard InChI is InChI=1S/C12H17BrN4O2/c13-9-6-10(17(18)19)11(15-7-9)16-8-12(14)4-2-1-3-5-12/h6-7H,1-5,8,14H2,(H,15,16). The molecule has 6 nitrogen and oxygen atoms in total. The molecule has 0 radical (unpaired) electrons. The van der Waals surface area contributed by atoms with Crippen LogP contribution in [0.4, 0.5) is 11.5 Å². The normalized spacial score (nSPS) is 18.0. The first-order valence-electron chi connectivity index (χ1n) is 6.33. The van der Waals surface area contributed by atoms with Gasteiger partial charge in [-0.25, -0.2) is 4.98 Å². The van der Waals surface area contributed by atoms with Crippen molar-refractivity contribution in [1.29, 1.82) is 0 Å². The average Bonchev–Trinajstić information content (AvgIpc) is 2.38. The highest BCUT2D eigenvalue weighted by Gasteiger charge is 2.28. The van der Waals surface area contributed by atoms with E-state index < -0.39 is 4.92 Å². The van der Waals surface area contributed by atoms with Crippen LogP contribution in [0.3, 0.4) is 0 Å². The van der Waals surface area contributed by atoms with Crippen LogP contribution >= 0.6 is 15.9 Å². The van der Waals surface area contributed by atoms with Crippen molar-refractivity contribution in [2.75, 3.05) is 11.9 Å². The summed E-state index contributed by atoms with van der Waals surface area (Å²) in [5, 5.41) is 14.0. The molecule has 1 aromatic heterocycles. The lowest BCUT2D eigenvalue weighted by molar-refractivity contribution is -0.384. The van der Waals surface area contributed by atoms with E-state index in [1.54, 1.807) is 6.20 Å². The van der Waals surface area contributed by atoms with Crippen LogP contribution in [0.2, 0.25) is 0 Å². The number of nitrogens with zero attached hydrogens (tertiary/aromatic N) is 2. The zero-order valence-corrected chi connectivity index (χ0v) is 12.1. The fraction of sp³-hybridized carbons (Fsp3) is 0.583. The predicted octanol–water partition coefficient (Wildman–Crippen LogP) is 2.83. The maximum absolute atomic E-state index is 11.0. The van der Waals surface area contributed by atoms with Crippen molar-refractivity contribution in [2.45, 2.75) is 37.6 Å². The van der Waals surface area contributed by atoms with Crippen LogP contribution in [0.15, 0.2) is 16.7 Å². The third kappa shape index (κ3) is 3.63. The fourth-order valence-electron chi connectivity index (χ4n) is 2.40. The molecule has 1 heterocycles. The molecule has 0 unspecified atom stereocenters. The Balaban J connectivity index is 2.08. The van der Waals surface area contributed by atoms with Crippen molar-refractivity contribution in [3.8, 4) is 0 Å². The molecule has 1 aliphatic carbocycles. The maximum atomic E-state index is 11.0. The molecular formula is C12H17BrN4O2. The summed E-state index contributed by atoms with van der Waals surface area (Å²) in [5.74, 6) is 0.281. The van der Waals surface area contributed by atoms with Crippen molar-refractivity contribution >= 4 is 27.4 Å². The number of nitrogens with two attached hydrogens (primary N) is 1. The molecule has 0 aliphatic heterocycles. The minimum Gasteiger partial charge on any atom is -0.362 e. The topological polar surface area (TPSA) is 94.1 Å². The summed E-state index contributed by atoms with van der Waals surface area (Å²) in [6.45, 7) is 0.516. The minimum absolute atomic E-state index is 0.0335. The quantitative estimate of drug-likeness (QED) is 0.654. The first-order chi connectivity index (χ1) is 9.00. The van der Waals surface area contributed by atoms with E-state index in [4.69, 9.17) is 5.73 Å². The molecule has 0 saturated heterocycles. The van der Waals surface area contributed by atoms with E-state index in [9.17, 15) is 10.1 Å². The summed E-state index contributed by atoms with van der Waals surface area (Å²) in [7, 11) is 0. The van der Waals surface area contributed by atoms with Gasteiger partial charge in [-0.1, -0.05) is 19.3 Å². The van der Waals surface area contributed by atoms with Crippen LogP contribution < -0.4 is 11.1 Å². The number of aromatic nitrogens is 1. The zero-order chi connectivity index (χ0) is 13.9. The van der Waals surface area contributed by atoms with Crippen molar-refractivity contribution in [3.63, 3.8) is 0 Å². The molecular weight excluding hydrogens is 312 g/mol. The molecule has 1 fully saturated rings. The summed E-state index contributed by atoms with van der Waals surface area (Å²) >= 11 is 3.18. The first kappa shape index (κ1) is 14.2. The fourth-order valence-corrected chi connectivity index (χ4v) is 2.72. The van der Waals surface area contributed by atoms with Gasteiger partial charge in [-0.05, 0) is 28.8 Å². The second-order valence-corrected chi connectivity index (χ2v) is 5.97. The number of rotatable bonds is 4. The van der Waals surface area contributed by atoms with Gasteiger partial charge in [0.1, 0.15) is 0 Å². The van der Waals surface area contributed by atoms with E-state index in [0.29, 0.717) is 11.0 Å². The Hall–Kier alpha value is -1.21. The van der Waals surface area contributed by atoms with Gasteiger partial charge in [-0.2, -0.15) is 0 Å². The van der Waals surface area contributed by atoms with E-state index in [1.165, 1.54) is 12.5 Å². The molecule has 0 bridgehead atoms. The Morgan fingerprint density at radius 3 is 2.79 bits per heavy atom. The minimum atomic E-state index is -0.440. The smallest absolute Gasteiger partial charge is 0.312 e. The predicted molar refractivity (Wildman–Crippen MR) is 77.1 cm³/mol. The van der Waals surface area contributed by atoms with Crippen molar-refractivity contribution < 1.29 is 4.92 Å². The molecule has 1 aromatic rings. The monoisotopic (exact) mass is 328 g/mol. The maximum Gasteiger partial charge on any atom is 0.312 e. The van der Waals surface area contributed by atoms with Crippen molar-refractivity contribution in [2.24, 2.45) is 5.73 Å². The zero-order valence-electron chi connectivity index (χ0n) is 10.6. The Morgan fingerprint density at radius 1 is 1.47 bits per heavy atom. The van der Waals surface area contributed by atoms with Gasteiger partial charge in [0.05, 0.1) is 4.92 Å². The van der Waals surface area contributed by atoms with E-state index in [2.05, 4.69) is 26.2 Å². The molecule has 7 heteroatoms. The summed E-state index contributed by atoms with van der Waals surface area (Å²) < 4.78 is 0.588. The molecule has 104 valence electrons. The van der Waals surface area contributed by atoms with Crippen molar-refractivity contribution in [1.82, 2.24) is 4.98 Å². The second-order valence-electron chi connectivity index (χ2n) is 5.05. The molecule has 19 heavy (non-hydrogen) atoms. The van der Waals surface area contributed by atoms with E-state index in [0.717, 1.165) is 25.7 Å². The third-order valence-corrected chi connectivity index (χ3v) is 3.92. The number of anilines is 1. The molecule has 1 aliphatic rings. The largest absolute Gasteiger partial charge is 0.362 e. The number of nitro groups is 1.